The van der Waals surface area contributed by atoms with Crippen LogP contribution in [0.5, 0.6) is 0 Å². The molecular weight excluding hydrogens is 230 g/mol. The van der Waals surface area contributed by atoms with Crippen molar-refractivity contribution in [2.75, 3.05) is 0 Å². The van der Waals surface area contributed by atoms with Gasteiger partial charge in [-0.2, -0.15) is 5.10 Å². The van der Waals surface area contributed by atoms with Crippen molar-refractivity contribution in [1.29, 1.82) is 0 Å². The Morgan fingerprint density at radius 2 is 2.28 bits per heavy atom. The van der Waals surface area contributed by atoms with E-state index in [1.165, 1.54) is 6.33 Å². The SMILES string of the molecule is CCCn1ncnc1-c1cccc(CC(=O)O)c1. The van der Waals surface area contributed by atoms with E-state index in [-0.39, 0.29) is 6.42 Å². The number of hydrogen-bond donors (Lipinski definition) is 1. The van der Waals surface area contributed by atoms with E-state index < -0.39 is 5.97 Å². The minimum Gasteiger partial charge on any atom is -0.481 e. The van der Waals surface area contributed by atoms with Crippen molar-refractivity contribution in [3.05, 3.63) is 36.2 Å². The monoisotopic (exact) mass is 245 g/mol. The van der Waals surface area contributed by atoms with E-state index in [2.05, 4.69) is 17.0 Å². The number of nitrogens with zero attached hydrogens (tertiary/aromatic N) is 3. The van der Waals surface area contributed by atoms with Gasteiger partial charge >= 0.3 is 5.97 Å². The van der Waals surface area contributed by atoms with Crippen molar-refractivity contribution in [2.45, 2.75) is 26.3 Å². The number of carboxylic acid groups (broad SMARTS) is 1. The Balaban J connectivity index is 2.32. The van der Waals surface area contributed by atoms with Crippen LogP contribution in [0.25, 0.3) is 11.4 Å². The molecule has 0 aliphatic heterocycles. The third-order valence-corrected chi connectivity index (χ3v) is 2.59. The van der Waals surface area contributed by atoms with E-state index in [1.807, 2.05) is 22.9 Å². The van der Waals surface area contributed by atoms with Crippen LogP contribution in [0.2, 0.25) is 0 Å². The van der Waals surface area contributed by atoms with Crippen molar-refractivity contribution < 1.29 is 9.90 Å². The van der Waals surface area contributed by atoms with Gasteiger partial charge in [-0.05, 0) is 18.1 Å². The van der Waals surface area contributed by atoms with Crippen LogP contribution in [0.1, 0.15) is 18.9 Å². The Hall–Kier alpha value is -2.17. The van der Waals surface area contributed by atoms with Gasteiger partial charge in [0.25, 0.3) is 0 Å². The van der Waals surface area contributed by atoms with Crippen LogP contribution in [0.15, 0.2) is 30.6 Å². The first kappa shape index (κ1) is 12.3. The number of rotatable bonds is 5. The Morgan fingerprint density at radius 3 is 3.00 bits per heavy atom. The van der Waals surface area contributed by atoms with E-state index in [0.29, 0.717) is 0 Å². The van der Waals surface area contributed by atoms with Gasteiger partial charge < -0.3 is 5.11 Å². The molecule has 0 spiro atoms. The summed E-state index contributed by atoms with van der Waals surface area (Å²) in [6.45, 7) is 2.88. The Labute approximate surface area is 105 Å². The molecule has 0 aliphatic carbocycles. The molecule has 0 fully saturated rings. The third-order valence-electron chi connectivity index (χ3n) is 2.59. The number of benzene rings is 1. The maximum absolute atomic E-state index is 10.7. The van der Waals surface area contributed by atoms with E-state index in [9.17, 15) is 4.79 Å². The fourth-order valence-corrected chi connectivity index (χ4v) is 1.86. The minimum absolute atomic E-state index is 0.0236. The molecule has 18 heavy (non-hydrogen) atoms. The number of carboxylic acids is 1. The molecule has 0 aliphatic rings. The quantitative estimate of drug-likeness (QED) is 0.874. The van der Waals surface area contributed by atoms with Gasteiger partial charge in [0, 0.05) is 12.1 Å². The molecule has 0 unspecified atom stereocenters. The average Bonchev–Trinajstić information content (AvgIpc) is 2.77. The first-order valence-corrected chi connectivity index (χ1v) is 5.89. The van der Waals surface area contributed by atoms with Crippen LogP contribution < -0.4 is 0 Å². The normalized spacial score (nSPS) is 10.5. The molecule has 5 heteroatoms. The van der Waals surface area contributed by atoms with Crippen molar-refractivity contribution in [3.8, 4) is 11.4 Å². The van der Waals surface area contributed by atoms with Crippen LogP contribution in [0.3, 0.4) is 0 Å². The zero-order chi connectivity index (χ0) is 13.0. The largest absolute Gasteiger partial charge is 0.481 e. The number of aromatic nitrogens is 3. The molecular formula is C13H15N3O2. The standard InChI is InChI=1S/C13H15N3O2/c1-2-6-16-13(14-9-15-16)11-5-3-4-10(7-11)8-12(17)18/h3-5,7,9H,2,6,8H2,1H3,(H,17,18). The second kappa shape index (κ2) is 5.44. The molecule has 2 aromatic rings. The van der Waals surface area contributed by atoms with Crippen LogP contribution in [-0.4, -0.2) is 25.8 Å². The van der Waals surface area contributed by atoms with Gasteiger partial charge in [0.1, 0.15) is 6.33 Å². The summed E-state index contributed by atoms with van der Waals surface area (Å²) in [7, 11) is 0. The zero-order valence-electron chi connectivity index (χ0n) is 10.2. The summed E-state index contributed by atoms with van der Waals surface area (Å²) < 4.78 is 1.83. The highest BCUT2D eigenvalue weighted by atomic mass is 16.4. The van der Waals surface area contributed by atoms with E-state index >= 15 is 0 Å². The minimum atomic E-state index is -0.831. The molecule has 0 saturated heterocycles. The molecule has 0 radical (unpaired) electrons. The van der Waals surface area contributed by atoms with E-state index in [0.717, 1.165) is 29.9 Å². The lowest BCUT2D eigenvalue weighted by Gasteiger charge is -2.05. The topological polar surface area (TPSA) is 68.0 Å². The lowest BCUT2D eigenvalue weighted by molar-refractivity contribution is -0.136. The summed E-state index contributed by atoms with van der Waals surface area (Å²) in [5, 5.41) is 13.0. The molecule has 1 aromatic carbocycles. The zero-order valence-corrected chi connectivity index (χ0v) is 10.2. The lowest BCUT2D eigenvalue weighted by Crippen LogP contribution is -2.03. The van der Waals surface area contributed by atoms with Crippen molar-refractivity contribution in [3.63, 3.8) is 0 Å². The Kier molecular flexibility index (Phi) is 3.72. The van der Waals surface area contributed by atoms with Crippen molar-refractivity contribution >= 4 is 5.97 Å². The van der Waals surface area contributed by atoms with Gasteiger partial charge in [-0.15, -0.1) is 0 Å². The summed E-state index contributed by atoms with van der Waals surface area (Å²) in [4.78, 5) is 14.9. The number of aryl methyl sites for hydroxylation is 1. The molecule has 5 nitrogen and oxygen atoms in total. The van der Waals surface area contributed by atoms with Gasteiger partial charge in [0.15, 0.2) is 5.82 Å². The number of aliphatic carboxylic acids is 1. The third kappa shape index (κ3) is 2.74. The summed E-state index contributed by atoms with van der Waals surface area (Å²) in [5.74, 6) is -0.0498. The van der Waals surface area contributed by atoms with Gasteiger partial charge in [-0.25, -0.2) is 9.67 Å². The van der Waals surface area contributed by atoms with E-state index in [4.69, 9.17) is 5.11 Å². The van der Waals surface area contributed by atoms with Crippen molar-refractivity contribution in [2.24, 2.45) is 0 Å². The molecule has 2 rings (SSSR count). The van der Waals surface area contributed by atoms with Crippen LogP contribution in [0.4, 0.5) is 0 Å². The maximum Gasteiger partial charge on any atom is 0.307 e. The predicted molar refractivity (Wildman–Crippen MR) is 67.1 cm³/mol. The summed E-state index contributed by atoms with van der Waals surface area (Å²) in [6, 6.07) is 7.42. The summed E-state index contributed by atoms with van der Waals surface area (Å²) >= 11 is 0. The average molecular weight is 245 g/mol. The molecule has 94 valence electrons. The Morgan fingerprint density at radius 1 is 1.44 bits per heavy atom. The fraction of sp³-hybridized carbons (Fsp3) is 0.308. The smallest absolute Gasteiger partial charge is 0.307 e. The molecule has 0 saturated carbocycles. The lowest BCUT2D eigenvalue weighted by atomic mass is 10.1. The molecule has 0 bridgehead atoms. The van der Waals surface area contributed by atoms with Gasteiger partial charge in [-0.1, -0.05) is 25.1 Å². The van der Waals surface area contributed by atoms with Gasteiger partial charge in [0.05, 0.1) is 6.42 Å². The second-order valence-corrected chi connectivity index (χ2v) is 4.08. The molecule has 1 heterocycles. The number of carbonyl (C=O) groups is 1. The van der Waals surface area contributed by atoms with E-state index in [1.54, 1.807) is 6.07 Å². The fourth-order valence-electron chi connectivity index (χ4n) is 1.86. The summed E-state index contributed by atoms with van der Waals surface area (Å²) in [6.07, 6.45) is 2.52. The highest BCUT2D eigenvalue weighted by molar-refractivity contribution is 5.71. The molecule has 1 N–H and O–H groups in total. The molecule has 0 amide bonds. The van der Waals surface area contributed by atoms with Crippen LogP contribution >= 0.6 is 0 Å². The first-order chi connectivity index (χ1) is 8.70. The number of hydrogen-bond acceptors (Lipinski definition) is 3. The van der Waals surface area contributed by atoms with Crippen LogP contribution in [-0.2, 0) is 17.8 Å². The van der Waals surface area contributed by atoms with Crippen LogP contribution in [0, 0.1) is 0 Å². The Bertz CT molecular complexity index is 549. The second-order valence-electron chi connectivity index (χ2n) is 4.08. The van der Waals surface area contributed by atoms with Crippen molar-refractivity contribution in [1.82, 2.24) is 14.8 Å². The highest BCUT2D eigenvalue weighted by Gasteiger charge is 2.08. The predicted octanol–water partition coefficient (Wildman–Crippen LogP) is 1.98. The highest BCUT2D eigenvalue weighted by Crippen LogP contribution is 2.18. The molecule has 1 aromatic heterocycles. The van der Waals surface area contributed by atoms with Gasteiger partial charge in [-0.3, -0.25) is 4.79 Å². The summed E-state index contributed by atoms with van der Waals surface area (Å²) in [5.41, 5.74) is 1.67. The van der Waals surface area contributed by atoms with Gasteiger partial charge in [0.2, 0.25) is 0 Å². The first-order valence-electron chi connectivity index (χ1n) is 5.89. The molecule has 0 atom stereocenters. The maximum atomic E-state index is 10.7.